The van der Waals surface area contributed by atoms with E-state index in [-0.39, 0.29) is 6.04 Å². The molecule has 0 radical (unpaired) electrons. The molecular weight excluding hydrogens is 224 g/mol. The van der Waals surface area contributed by atoms with E-state index in [0.29, 0.717) is 6.04 Å². The molecule has 0 saturated carbocycles. The molecule has 4 heteroatoms. The standard InChI is InChI=1S/C14H24N4/c1-11(15)12-6-7-16-14(9-12)18(3)10-13-5-4-8-17(13)2/h6-7,9,11,13H,4-5,8,10,15H2,1-3H3/t11-,13?/m0/s1. The van der Waals surface area contributed by atoms with Gasteiger partial charge in [0, 0.05) is 31.9 Å². The van der Waals surface area contributed by atoms with E-state index >= 15 is 0 Å². The van der Waals surface area contributed by atoms with E-state index < -0.39 is 0 Å². The second-order valence-electron chi connectivity index (χ2n) is 5.39. The number of aromatic nitrogens is 1. The molecule has 1 unspecified atom stereocenters. The lowest BCUT2D eigenvalue weighted by molar-refractivity contribution is 0.314. The van der Waals surface area contributed by atoms with Gasteiger partial charge in [-0.05, 0) is 51.1 Å². The van der Waals surface area contributed by atoms with Crippen molar-refractivity contribution in [3.63, 3.8) is 0 Å². The predicted octanol–water partition coefficient (Wildman–Crippen LogP) is 1.63. The Bertz CT molecular complexity index is 391. The van der Waals surface area contributed by atoms with Gasteiger partial charge in [0.25, 0.3) is 0 Å². The molecule has 0 bridgehead atoms. The number of nitrogens with zero attached hydrogens (tertiary/aromatic N) is 3. The molecule has 4 nitrogen and oxygen atoms in total. The van der Waals surface area contributed by atoms with Gasteiger partial charge in [-0.1, -0.05) is 0 Å². The van der Waals surface area contributed by atoms with Crippen LogP contribution in [0.4, 0.5) is 5.82 Å². The fourth-order valence-corrected chi connectivity index (χ4v) is 2.55. The number of nitrogens with two attached hydrogens (primary N) is 1. The summed E-state index contributed by atoms with van der Waals surface area (Å²) in [6, 6.07) is 4.80. The second kappa shape index (κ2) is 5.67. The van der Waals surface area contributed by atoms with E-state index in [2.05, 4.69) is 34.9 Å². The first-order valence-corrected chi connectivity index (χ1v) is 6.71. The van der Waals surface area contributed by atoms with Crippen molar-refractivity contribution in [2.24, 2.45) is 5.73 Å². The van der Waals surface area contributed by atoms with E-state index in [9.17, 15) is 0 Å². The summed E-state index contributed by atoms with van der Waals surface area (Å²) in [6.45, 7) is 4.25. The van der Waals surface area contributed by atoms with Crippen molar-refractivity contribution in [2.75, 3.05) is 32.1 Å². The molecule has 2 heterocycles. The normalized spacial score (nSPS) is 22.1. The molecule has 2 atom stereocenters. The van der Waals surface area contributed by atoms with Crippen LogP contribution < -0.4 is 10.6 Å². The summed E-state index contributed by atoms with van der Waals surface area (Å²) in [5.41, 5.74) is 7.06. The molecule has 100 valence electrons. The zero-order valence-corrected chi connectivity index (χ0v) is 11.6. The van der Waals surface area contributed by atoms with Crippen LogP contribution in [-0.4, -0.2) is 43.1 Å². The molecule has 0 aromatic carbocycles. The average Bonchev–Trinajstić information content (AvgIpc) is 2.75. The van der Waals surface area contributed by atoms with Crippen LogP contribution >= 0.6 is 0 Å². The maximum Gasteiger partial charge on any atom is 0.128 e. The first kappa shape index (κ1) is 13.3. The SMILES string of the molecule is C[C@H](N)c1ccnc(N(C)CC2CCCN2C)c1. The van der Waals surface area contributed by atoms with E-state index in [1.54, 1.807) is 0 Å². The van der Waals surface area contributed by atoms with Gasteiger partial charge < -0.3 is 15.5 Å². The van der Waals surface area contributed by atoms with Gasteiger partial charge in [0.2, 0.25) is 0 Å². The van der Waals surface area contributed by atoms with Gasteiger partial charge in [-0.25, -0.2) is 4.98 Å². The number of likely N-dealkylation sites (N-methyl/N-ethyl adjacent to an activating group) is 2. The number of hydrogen-bond acceptors (Lipinski definition) is 4. The maximum atomic E-state index is 5.91. The molecule has 18 heavy (non-hydrogen) atoms. The Morgan fingerprint density at radius 3 is 3.00 bits per heavy atom. The Morgan fingerprint density at radius 2 is 2.39 bits per heavy atom. The Balaban J connectivity index is 2.04. The average molecular weight is 248 g/mol. The smallest absolute Gasteiger partial charge is 0.128 e. The van der Waals surface area contributed by atoms with Gasteiger partial charge in [0.1, 0.15) is 5.82 Å². The Labute approximate surface area is 110 Å². The van der Waals surface area contributed by atoms with Crippen molar-refractivity contribution >= 4 is 5.82 Å². The zero-order valence-electron chi connectivity index (χ0n) is 11.6. The highest BCUT2D eigenvalue weighted by molar-refractivity contribution is 5.41. The minimum absolute atomic E-state index is 0.0642. The molecule has 0 amide bonds. The minimum Gasteiger partial charge on any atom is -0.358 e. The molecule has 1 fully saturated rings. The third-order valence-corrected chi connectivity index (χ3v) is 3.84. The lowest BCUT2D eigenvalue weighted by Crippen LogP contribution is -2.37. The van der Waals surface area contributed by atoms with Crippen molar-refractivity contribution in [2.45, 2.75) is 31.8 Å². The monoisotopic (exact) mass is 248 g/mol. The van der Waals surface area contributed by atoms with Crippen LogP contribution in [0.15, 0.2) is 18.3 Å². The van der Waals surface area contributed by atoms with Crippen LogP contribution in [-0.2, 0) is 0 Å². The van der Waals surface area contributed by atoms with Crippen LogP contribution in [0.5, 0.6) is 0 Å². The molecular formula is C14H24N4. The predicted molar refractivity (Wildman–Crippen MR) is 75.8 cm³/mol. The topological polar surface area (TPSA) is 45.4 Å². The van der Waals surface area contributed by atoms with Crippen molar-refractivity contribution in [1.82, 2.24) is 9.88 Å². The molecule has 2 N–H and O–H groups in total. The summed E-state index contributed by atoms with van der Waals surface area (Å²) in [5, 5.41) is 0. The molecule has 1 aliphatic rings. The number of likely N-dealkylation sites (tertiary alicyclic amines) is 1. The Kier molecular flexibility index (Phi) is 4.19. The van der Waals surface area contributed by atoms with E-state index in [1.807, 2.05) is 19.2 Å². The first-order valence-electron chi connectivity index (χ1n) is 6.71. The van der Waals surface area contributed by atoms with Crippen molar-refractivity contribution in [3.8, 4) is 0 Å². The molecule has 1 aromatic heterocycles. The van der Waals surface area contributed by atoms with Crippen molar-refractivity contribution in [3.05, 3.63) is 23.9 Å². The van der Waals surface area contributed by atoms with Gasteiger partial charge in [-0.15, -0.1) is 0 Å². The fourth-order valence-electron chi connectivity index (χ4n) is 2.55. The zero-order chi connectivity index (χ0) is 13.1. The summed E-state index contributed by atoms with van der Waals surface area (Å²) in [4.78, 5) is 9.11. The van der Waals surface area contributed by atoms with Gasteiger partial charge in [0.05, 0.1) is 0 Å². The van der Waals surface area contributed by atoms with E-state index in [4.69, 9.17) is 5.73 Å². The van der Waals surface area contributed by atoms with Gasteiger partial charge in [-0.3, -0.25) is 0 Å². The first-order chi connectivity index (χ1) is 8.58. The van der Waals surface area contributed by atoms with Gasteiger partial charge in [-0.2, -0.15) is 0 Å². The third kappa shape index (κ3) is 3.00. The molecule has 2 rings (SSSR count). The molecule has 0 spiro atoms. The Hall–Kier alpha value is -1.13. The number of anilines is 1. The van der Waals surface area contributed by atoms with Crippen molar-refractivity contribution < 1.29 is 0 Å². The number of rotatable bonds is 4. The van der Waals surface area contributed by atoms with Crippen molar-refractivity contribution in [1.29, 1.82) is 0 Å². The highest BCUT2D eigenvalue weighted by Crippen LogP contribution is 2.20. The highest BCUT2D eigenvalue weighted by Gasteiger charge is 2.22. The molecule has 1 saturated heterocycles. The summed E-state index contributed by atoms with van der Waals surface area (Å²) in [6.07, 6.45) is 4.44. The van der Waals surface area contributed by atoms with Crippen LogP contribution in [0.25, 0.3) is 0 Å². The van der Waals surface area contributed by atoms with Crippen LogP contribution in [0, 0.1) is 0 Å². The molecule has 0 aliphatic carbocycles. The largest absolute Gasteiger partial charge is 0.358 e. The van der Waals surface area contributed by atoms with Crippen LogP contribution in [0.2, 0.25) is 0 Å². The molecule has 1 aliphatic heterocycles. The summed E-state index contributed by atoms with van der Waals surface area (Å²) >= 11 is 0. The summed E-state index contributed by atoms with van der Waals surface area (Å²) < 4.78 is 0. The second-order valence-corrected chi connectivity index (χ2v) is 5.39. The summed E-state index contributed by atoms with van der Waals surface area (Å²) in [5.74, 6) is 1.02. The highest BCUT2D eigenvalue weighted by atomic mass is 15.2. The van der Waals surface area contributed by atoms with E-state index in [0.717, 1.165) is 17.9 Å². The molecule has 1 aromatic rings. The Morgan fingerprint density at radius 1 is 1.61 bits per heavy atom. The number of pyridine rings is 1. The maximum absolute atomic E-state index is 5.91. The van der Waals surface area contributed by atoms with E-state index in [1.165, 1.54) is 19.4 Å². The fraction of sp³-hybridized carbons (Fsp3) is 0.643. The third-order valence-electron chi connectivity index (χ3n) is 3.84. The summed E-state index contributed by atoms with van der Waals surface area (Å²) in [7, 11) is 4.32. The minimum atomic E-state index is 0.0642. The number of hydrogen-bond donors (Lipinski definition) is 1. The van der Waals surface area contributed by atoms with Crippen LogP contribution in [0.1, 0.15) is 31.4 Å². The van der Waals surface area contributed by atoms with Gasteiger partial charge >= 0.3 is 0 Å². The lowest BCUT2D eigenvalue weighted by atomic mass is 10.1. The quantitative estimate of drug-likeness (QED) is 0.879. The van der Waals surface area contributed by atoms with Crippen LogP contribution in [0.3, 0.4) is 0 Å². The van der Waals surface area contributed by atoms with Gasteiger partial charge in [0.15, 0.2) is 0 Å². The lowest BCUT2D eigenvalue weighted by Gasteiger charge is -2.27.